The van der Waals surface area contributed by atoms with Crippen LogP contribution in [0.5, 0.6) is 0 Å². The van der Waals surface area contributed by atoms with Gasteiger partial charge in [0.1, 0.15) is 74.1 Å². The number of furan rings is 1. The number of aryl methyl sites for hydroxylation is 1. The summed E-state index contributed by atoms with van der Waals surface area (Å²) in [5, 5.41) is 14.5. The SMILES string of the molecule is CN(C)C(=O)N1CCC(c2nc(-c3cc4ncccc4o3)c3c(N)nccn23)CC1.Cc1cnc(N)c2c(-c3cc4cccc(Cl)c4[nH]3)nc(C3CCC(C(=O)O)CC3)n12.Nc1nccn2c(C3CCC(C(=O)Nc4cccnc4)CC3)nc(-c3cc4c(=O)[nH]ccc4[nH]3)c12. The van der Waals surface area contributed by atoms with Crippen LogP contribution < -0.4 is 28.1 Å². The highest BCUT2D eigenvalue weighted by molar-refractivity contribution is 6.35. The number of carboxylic acid groups (broad SMARTS) is 1. The maximum Gasteiger partial charge on any atom is 0.319 e. The molecule has 11 N–H and O–H groups in total. The van der Waals surface area contributed by atoms with Crippen LogP contribution in [-0.2, 0) is 9.59 Å². The Balaban J connectivity index is 0.000000123. The number of aromatic nitrogens is 14. The van der Waals surface area contributed by atoms with Crippen LogP contribution in [0.2, 0.25) is 5.02 Å². The van der Waals surface area contributed by atoms with E-state index in [1.807, 2.05) is 87.6 Å². The van der Waals surface area contributed by atoms with Crippen LogP contribution in [0.4, 0.5) is 27.9 Å². The van der Waals surface area contributed by atoms with Crippen molar-refractivity contribution in [2.75, 3.05) is 49.7 Å². The fourth-order valence-electron chi connectivity index (χ4n) is 13.8. The van der Waals surface area contributed by atoms with Gasteiger partial charge >= 0.3 is 12.0 Å². The number of hydrogen-bond acceptors (Lipinski definition) is 16. The Morgan fingerprint density at radius 2 is 1.31 bits per heavy atom. The lowest BCUT2D eigenvalue weighted by Crippen LogP contribution is -2.43. The monoisotopic (exact) mass is 1300 g/mol. The number of nitrogens with two attached hydrogens (primary N) is 3. The molecule has 3 aliphatic rings. The molecule has 1 aromatic carbocycles. The number of likely N-dealkylation sites (tertiary alicyclic amines) is 1. The van der Waals surface area contributed by atoms with E-state index in [1.54, 1.807) is 74.5 Å². The van der Waals surface area contributed by atoms with Gasteiger partial charge < -0.3 is 56.8 Å². The third-order valence-corrected chi connectivity index (χ3v) is 19.0. The normalized spacial score (nSPS) is 17.7. The number of rotatable bonds is 9. The number of aliphatic carboxylic acids is 1. The van der Waals surface area contributed by atoms with Gasteiger partial charge in [-0.15, -0.1) is 0 Å². The Hall–Kier alpha value is -11.2. The molecule has 3 fully saturated rings. The molecule has 13 heterocycles. The van der Waals surface area contributed by atoms with Crippen LogP contribution in [-0.4, -0.2) is 128 Å². The molecule has 12 aromatic heterocycles. The highest BCUT2D eigenvalue weighted by atomic mass is 35.5. The number of hydrogen-bond donors (Lipinski definition) is 8. The number of H-pyrrole nitrogens is 3. The number of imidazole rings is 3. The van der Waals surface area contributed by atoms with Crippen molar-refractivity contribution in [1.82, 2.24) is 77.8 Å². The molecular weight excluding hydrogens is 1230 g/mol. The van der Waals surface area contributed by atoms with Gasteiger partial charge in [0.15, 0.2) is 11.3 Å². The maximum absolute atomic E-state index is 12.8. The number of amides is 3. The zero-order valence-electron chi connectivity index (χ0n) is 52.3. The summed E-state index contributed by atoms with van der Waals surface area (Å²) in [5.74, 6) is 4.10. The molecule has 0 spiro atoms. The van der Waals surface area contributed by atoms with Crippen molar-refractivity contribution in [3.05, 3.63) is 161 Å². The molecule has 0 radical (unpaired) electrons. The second-order valence-corrected chi connectivity index (χ2v) is 25.2. The van der Waals surface area contributed by atoms with Crippen molar-refractivity contribution in [3.8, 4) is 34.2 Å². The summed E-state index contributed by atoms with van der Waals surface area (Å²) >= 11 is 6.36. The zero-order chi connectivity index (χ0) is 65.8. The van der Waals surface area contributed by atoms with Gasteiger partial charge in [-0.25, -0.2) is 34.7 Å². The first-order valence-electron chi connectivity index (χ1n) is 31.7. The second-order valence-electron chi connectivity index (χ2n) is 24.8. The van der Waals surface area contributed by atoms with Crippen LogP contribution in [0.25, 0.3) is 83.7 Å². The molecule has 2 aliphatic carbocycles. The number of anilines is 4. The Morgan fingerprint density at radius 3 is 1.97 bits per heavy atom. The number of aromatic amines is 3. The van der Waals surface area contributed by atoms with Crippen LogP contribution >= 0.6 is 11.6 Å². The number of urea groups is 1. The lowest BCUT2D eigenvalue weighted by molar-refractivity contribution is -0.142. The van der Waals surface area contributed by atoms with E-state index >= 15 is 0 Å². The highest BCUT2D eigenvalue weighted by Crippen LogP contribution is 2.43. The van der Waals surface area contributed by atoms with E-state index in [1.165, 1.54) is 0 Å². The molecule has 26 nitrogen and oxygen atoms in total. The number of pyridine rings is 3. The number of carboxylic acids is 1. The topological polar surface area (TPSA) is 362 Å². The first-order valence-corrected chi connectivity index (χ1v) is 32.0. The smallest absolute Gasteiger partial charge is 0.319 e. The predicted molar refractivity (Wildman–Crippen MR) is 363 cm³/mol. The van der Waals surface area contributed by atoms with Gasteiger partial charge in [0.05, 0.1) is 50.6 Å². The summed E-state index contributed by atoms with van der Waals surface area (Å²) in [4.78, 5) is 97.7. The van der Waals surface area contributed by atoms with Gasteiger partial charge in [0.25, 0.3) is 5.56 Å². The number of nitrogen functional groups attached to an aromatic ring is 3. The zero-order valence-corrected chi connectivity index (χ0v) is 53.1. The van der Waals surface area contributed by atoms with Crippen LogP contribution in [0.15, 0.2) is 132 Å². The molecule has 1 aliphatic heterocycles. The van der Waals surface area contributed by atoms with Gasteiger partial charge in [0, 0.05) is 118 Å². The van der Waals surface area contributed by atoms with Gasteiger partial charge in [-0.2, -0.15) is 0 Å². The maximum atomic E-state index is 12.8. The standard InChI is InChI=1S/C25H24N8O2.C22H22ClN5O2.C21H23N7O2/c26-22-21-20(19-12-17-18(31-19)7-9-29-25(17)35)32-23(33(21)11-10-28-22)14-3-5-15(6-4-14)24(34)30-16-2-1-8-27-13-16;1-11-10-25-20(24)19-18(16-9-14-3-2-4-15(23)17(14)26-16)27-21(28(11)19)12-5-7-13(8-6-12)22(29)30;1-26(2)21(29)27-9-5-13(6-10-27)20-25-17(18-19(22)24-8-11-28(18)20)16-12-14-15(30-16)4-3-7-23-14/h1-2,7-15,31H,3-6H2,(H2,26,28)(H,29,35)(H,30,34);2-4,9-10,12-13,26H,5-8H2,1H3,(H2,24,25)(H,29,30);3-4,7-8,11-13H,5-6,9-10H2,1-2H3,(H2,22,24). The van der Waals surface area contributed by atoms with Gasteiger partial charge in [0.2, 0.25) is 5.91 Å². The predicted octanol–water partition coefficient (Wildman–Crippen LogP) is 11.2. The number of nitrogens with zero attached hydrogens (tertiary/aromatic N) is 13. The number of piperidine rings is 1. The van der Waals surface area contributed by atoms with Gasteiger partial charge in [-0.3, -0.25) is 37.6 Å². The van der Waals surface area contributed by atoms with Gasteiger partial charge in [-0.05, 0) is 120 Å². The number of para-hydroxylation sites is 1. The van der Waals surface area contributed by atoms with E-state index in [9.17, 15) is 24.3 Å². The third kappa shape index (κ3) is 11.7. The third-order valence-electron chi connectivity index (χ3n) is 18.7. The molecule has 0 unspecified atom stereocenters. The van der Waals surface area contributed by atoms with E-state index in [2.05, 4.69) is 49.6 Å². The molecule has 13 aromatic rings. The molecule has 95 heavy (non-hydrogen) atoms. The summed E-state index contributed by atoms with van der Waals surface area (Å²) in [5.41, 5.74) is 29.2. The van der Waals surface area contributed by atoms with Crippen molar-refractivity contribution in [2.45, 2.75) is 88.9 Å². The highest BCUT2D eigenvalue weighted by Gasteiger charge is 2.34. The Kier molecular flexibility index (Phi) is 16.4. The quantitative estimate of drug-likeness (QED) is 0.0665. The minimum absolute atomic E-state index is 0.0295. The van der Waals surface area contributed by atoms with E-state index in [4.69, 9.17) is 48.2 Å². The lowest BCUT2D eigenvalue weighted by Gasteiger charge is -2.33. The summed E-state index contributed by atoms with van der Waals surface area (Å²) in [6.45, 7) is 3.38. The molecule has 0 bridgehead atoms. The Labute approximate surface area is 547 Å². The summed E-state index contributed by atoms with van der Waals surface area (Å²) < 4.78 is 12.1. The number of carbonyl (C=O) groups excluding carboxylic acids is 2. The lowest BCUT2D eigenvalue weighted by atomic mass is 9.81. The fraction of sp³-hybridized carbons (Fsp3) is 0.294. The summed E-state index contributed by atoms with van der Waals surface area (Å²) in [6, 6.07) is 20.7. The van der Waals surface area contributed by atoms with E-state index in [0.717, 1.165) is 119 Å². The summed E-state index contributed by atoms with van der Waals surface area (Å²) in [6.07, 6.45) is 23.3. The van der Waals surface area contributed by atoms with Gasteiger partial charge in [-0.1, -0.05) is 23.7 Å². The number of fused-ring (bicyclic) bond motifs is 6. The van der Waals surface area contributed by atoms with Crippen molar-refractivity contribution in [2.24, 2.45) is 11.8 Å². The molecule has 16 rings (SSSR count). The van der Waals surface area contributed by atoms with Crippen molar-refractivity contribution in [1.29, 1.82) is 0 Å². The number of halogens is 1. The molecular formula is C68H69ClN20O6. The number of carbonyl (C=O) groups is 3. The Morgan fingerprint density at radius 1 is 0.674 bits per heavy atom. The minimum Gasteiger partial charge on any atom is -0.481 e. The first-order chi connectivity index (χ1) is 46.0. The molecule has 0 atom stereocenters. The van der Waals surface area contributed by atoms with E-state index in [0.29, 0.717) is 93.4 Å². The largest absolute Gasteiger partial charge is 0.481 e. The fourth-order valence-corrected chi connectivity index (χ4v) is 14.0. The summed E-state index contributed by atoms with van der Waals surface area (Å²) in [7, 11) is 3.56. The van der Waals surface area contributed by atoms with Crippen molar-refractivity contribution < 1.29 is 23.9 Å². The number of nitrogens with one attached hydrogen (secondary N) is 4. The number of benzene rings is 1. The molecule has 2 saturated carbocycles. The average Bonchev–Trinajstić information content (AvgIpc) is 1.61. The first kappa shape index (κ1) is 61.4. The average molecular weight is 1300 g/mol. The molecule has 484 valence electrons. The second kappa shape index (κ2) is 25.4. The minimum atomic E-state index is -0.707. The van der Waals surface area contributed by atoms with Crippen LogP contribution in [0, 0.1) is 18.8 Å². The van der Waals surface area contributed by atoms with Crippen molar-refractivity contribution in [3.63, 3.8) is 0 Å². The van der Waals surface area contributed by atoms with Crippen LogP contribution in [0.3, 0.4) is 0 Å². The van der Waals surface area contributed by atoms with Crippen molar-refractivity contribution >= 4 is 102 Å². The molecule has 3 amide bonds. The Bertz CT molecular complexity index is 5080. The van der Waals surface area contributed by atoms with E-state index in [-0.39, 0.29) is 47.1 Å². The van der Waals surface area contributed by atoms with Crippen LogP contribution in [0.1, 0.15) is 105 Å². The van der Waals surface area contributed by atoms with E-state index < -0.39 is 5.97 Å². The molecule has 27 heteroatoms. The molecule has 1 saturated heterocycles.